The van der Waals surface area contributed by atoms with Gasteiger partial charge in [0, 0.05) is 18.3 Å². The van der Waals surface area contributed by atoms with Gasteiger partial charge < -0.3 is 15.4 Å². The fourth-order valence-electron chi connectivity index (χ4n) is 1.70. The minimum absolute atomic E-state index is 0.565. The van der Waals surface area contributed by atoms with Gasteiger partial charge in [0.2, 0.25) is 0 Å². The second-order valence-corrected chi connectivity index (χ2v) is 5.49. The van der Waals surface area contributed by atoms with Crippen LogP contribution in [0.15, 0.2) is 29.0 Å². The number of nitrogens with zero attached hydrogens (tertiary/aromatic N) is 2. The lowest BCUT2D eigenvalue weighted by molar-refractivity contribution is 0.415. The first-order valence-corrected chi connectivity index (χ1v) is 7.67. The molecule has 0 fully saturated rings. The van der Waals surface area contributed by atoms with Crippen LogP contribution in [0.2, 0.25) is 5.02 Å². The van der Waals surface area contributed by atoms with Gasteiger partial charge in [-0.25, -0.2) is 9.97 Å². The summed E-state index contributed by atoms with van der Waals surface area (Å²) in [5.41, 5.74) is 0.831. The highest BCUT2D eigenvalue weighted by Crippen LogP contribution is 2.32. The van der Waals surface area contributed by atoms with Gasteiger partial charge in [0.25, 0.3) is 0 Å². The number of benzene rings is 1. The molecular weight excluding hydrogens is 356 g/mol. The van der Waals surface area contributed by atoms with Crippen LogP contribution in [0.25, 0.3) is 0 Å². The summed E-state index contributed by atoms with van der Waals surface area (Å²) in [5, 5.41) is 7.02. The molecule has 0 aliphatic heterocycles. The normalized spacial score (nSPS) is 10.3. The Morgan fingerprint density at radius 3 is 2.76 bits per heavy atom. The molecule has 0 bridgehead atoms. The molecule has 0 radical (unpaired) electrons. The Kier molecular flexibility index (Phi) is 5.64. The first-order chi connectivity index (χ1) is 10.2. The van der Waals surface area contributed by atoms with Gasteiger partial charge in [0.1, 0.15) is 28.2 Å². The van der Waals surface area contributed by atoms with Crippen molar-refractivity contribution in [2.24, 2.45) is 0 Å². The molecule has 0 spiro atoms. The molecule has 1 aromatic carbocycles. The summed E-state index contributed by atoms with van der Waals surface area (Å²) in [7, 11) is 1.58. The molecule has 5 nitrogen and oxygen atoms in total. The van der Waals surface area contributed by atoms with E-state index in [4.69, 9.17) is 16.3 Å². The van der Waals surface area contributed by atoms with Crippen molar-refractivity contribution in [2.45, 2.75) is 13.3 Å². The van der Waals surface area contributed by atoms with Crippen molar-refractivity contribution < 1.29 is 4.74 Å². The van der Waals surface area contributed by atoms with Gasteiger partial charge in [0.15, 0.2) is 0 Å². The van der Waals surface area contributed by atoms with Gasteiger partial charge in [0.05, 0.1) is 12.1 Å². The Balaban J connectivity index is 2.23. The second kappa shape index (κ2) is 7.47. The molecule has 1 heterocycles. The zero-order valence-corrected chi connectivity index (χ0v) is 14.1. The number of hydrogen-bond donors (Lipinski definition) is 2. The Bertz CT molecular complexity index is 624. The van der Waals surface area contributed by atoms with E-state index in [1.54, 1.807) is 13.2 Å². The lowest BCUT2D eigenvalue weighted by Gasteiger charge is -2.12. The van der Waals surface area contributed by atoms with Crippen LogP contribution < -0.4 is 15.4 Å². The van der Waals surface area contributed by atoms with Gasteiger partial charge in [-0.3, -0.25) is 0 Å². The standard InChI is InChI=1S/C14H16BrClN4O/c1-3-6-17-13-12(15)14(19-8-18-13)20-9-4-5-10(16)11(7-9)21-2/h4-5,7-8H,3,6H2,1-2H3,(H2,17,18,19,20). The monoisotopic (exact) mass is 370 g/mol. The van der Waals surface area contributed by atoms with E-state index >= 15 is 0 Å². The van der Waals surface area contributed by atoms with Crippen molar-refractivity contribution in [1.29, 1.82) is 0 Å². The van der Waals surface area contributed by atoms with Crippen molar-refractivity contribution in [3.8, 4) is 5.75 Å². The number of anilines is 3. The van der Waals surface area contributed by atoms with Crippen LogP contribution in [0.5, 0.6) is 5.75 Å². The molecule has 112 valence electrons. The van der Waals surface area contributed by atoms with Crippen molar-refractivity contribution in [2.75, 3.05) is 24.3 Å². The zero-order chi connectivity index (χ0) is 15.2. The number of nitrogens with one attached hydrogen (secondary N) is 2. The summed E-state index contributed by atoms with van der Waals surface area (Å²) in [6.07, 6.45) is 2.53. The molecule has 0 saturated carbocycles. The molecule has 0 saturated heterocycles. The van der Waals surface area contributed by atoms with Crippen molar-refractivity contribution in [1.82, 2.24) is 9.97 Å². The number of rotatable bonds is 6. The Hall–Kier alpha value is -1.53. The minimum atomic E-state index is 0.565. The number of hydrogen-bond acceptors (Lipinski definition) is 5. The van der Waals surface area contributed by atoms with Crippen LogP contribution in [0.3, 0.4) is 0 Å². The molecule has 7 heteroatoms. The molecular formula is C14H16BrClN4O. The van der Waals surface area contributed by atoms with Crippen molar-refractivity contribution in [3.63, 3.8) is 0 Å². The minimum Gasteiger partial charge on any atom is -0.495 e. The third-order valence-electron chi connectivity index (χ3n) is 2.75. The number of aromatic nitrogens is 2. The van der Waals surface area contributed by atoms with E-state index in [1.165, 1.54) is 6.33 Å². The predicted molar refractivity (Wildman–Crippen MR) is 89.8 cm³/mol. The molecule has 2 N–H and O–H groups in total. The largest absolute Gasteiger partial charge is 0.495 e. The van der Waals surface area contributed by atoms with Gasteiger partial charge in [-0.1, -0.05) is 18.5 Å². The fourth-order valence-corrected chi connectivity index (χ4v) is 2.34. The van der Waals surface area contributed by atoms with Gasteiger partial charge in [-0.15, -0.1) is 0 Å². The maximum absolute atomic E-state index is 6.02. The zero-order valence-electron chi connectivity index (χ0n) is 11.8. The Morgan fingerprint density at radius 2 is 2.05 bits per heavy atom. The predicted octanol–water partition coefficient (Wildman–Crippen LogP) is 4.47. The lowest BCUT2D eigenvalue weighted by atomic mass is 10.3. The second-order valence-electron chi connectivity index (χ2n) is 4.29. The quantitative estimate of drug-likeness (QED) is 0.784. The summed E-state index contributed by atoms with van der Waals surface area (Å²) >= 11 is 9.53. The molecule has 0 unspecified atom stereocenters. The highest BCUT2D eigenvalue weighted by molar-refractivity contribution is 9.10. The SMILES string of the molecule is CCCNc1ncnc(Nc2ccc(Cl)c(OC)c2)c1Br. The van der Waals surface area contributed by atoms with Crippen molar-refractivity contribution in [3.05, 3.63) is 34.0 Å². The molecule has 0 atom stereocenters. The van der Waals surface area contributed by atoms with Crippen LogP contribution >= 0.6 is 27.5 Å². The van der Waals surface area contributed by atoms with E-state index < -0.39 is 0 Å². The maximum Gasteiger partial charge on any atom is 0.150 e. The highest BCUT2D eigenvalue weighted by atomic mass is 79.9. The van der Waals surface area contributed by atoms with Crippen LogP contribution in [0, 0.1) is 0 Å². The van der Waals surface area contributed by atoms with Crippen LogP contribution in [-0.2, 0) is 0 Å². The molecule has 1 aromatic heterocycles. The number of halogens is 2. The topological polar surface area (TPSA) is 59.1 Å². The summed E-state index contributed by atoms with van der Waals surface area (Å²) in [6, 6.07) is 5.45. The highest BCUT2D eigenvalue weighted by Gasteiger charge is 2.09. The average Bonchev–Trinajstić information content (AvgIpc) is 2.50. The van der Waals surface area contributed by atoms with Gasteiger partial charge in [-0.05, 0) is 34.5 Å². The Morgan fingerprint density at radius 1 is 1.29 bits per heavy atom. The smallest absolute Gasteiger partial charge is 0.150 e. The summed E-state index contributed by atoms with van der Waals surface area (Å²) in [5.74, 6) is 2.04. The van der Waals surface area contributed by atoms with Crippen LogP contribution in [0.4, 0.5) is 17.3 Å². The summed E-state index contributed by atoms with van der Waals surface area (Å²) in [4.78, 5) is 8.45. The number of ether oxygens (including phenoxy) is 1. The maximum atomic E-state index is 6.02. The average molecular weight is 372 g/mol. The first kappa shape index (κ1) is 15.9. The van der Waals surface area contributed by atoms with Gasteiger partial charge >= 0.3 is 0 Å². The van der Waals surface area contributed by atoms with E-state index in [0.717, 1.165) is 28.9 Å². The van der Waals surface area contributed by atoms with Crippen LogP contribution in [0.1, 0.15) is 13.3 Å². The molecule has 2 aromatic rings. The third kappa shape index (κ3) is 3.98. The lowest BCUT2D eigenvalue weighted by Crippen LogP contribution is -2.05. The molecule has 21 heavy (non-hydrogen) atoms. The molecule has 0 amide bonds. The van der Waals surface area contributed by atoms with E-state index in [9.17, 15) is 0 Å². The van der Waals surface area contributed by atoms with E-state index in [1.807, 2.05) is 12.1 Å². The first-order valence-electron chi connectivity index (χ1n) is 6.50. The van der Waals surface area contributed by atoms with E-state index in [0.29, 0.717) is 16.6 Å². The third-order valence-corrected chi connectivity index (χ3v) is 3.81. The van der Waals surface area contributed by atoms with Gasteiger partial charge in [-0.2, -0.15) is 0 Å². The molecule has 2 rings (SSSR count). The fraction of sp³-hybridized carbons (Fsp3) is 0.286. The van der Waals surface area contributed by atoms with E-state index in [-0.39, 0.29) is 0 Å². The molecule has 0 aliphatic rings. The van der Waals surface area contributed by atoms with Crippen molar-refractivity contribution >= 4 is 44.9 Å². The summed E-state index contributed by atoms with van der Waals surface area (Å²) in [6.45, 7) is 2.95. The number of methoxy groups -OCH3 is 1. The Labute approximate surface area is 137 Å². The van der Waals surface area contributed by atoms with Crippen LogP contribution in [-0.4, -0.2) is 23.6 Å². The molecule has 0 aliphatic carbocycles. The van der Waals surface area contributed by atoms with E-state index in [2.05, 4.69) is 43.5 Å². The summed E-state index contributed by atoms with van der Waals surface area (Å²) < 4.78 is 5.99.